The molecular weight excluding hydrogens is 271 g/mol. The zero-order valence-corrected chi connectivity index (χ0v) is 15.4. The van der Waals surface area contributed by atoms with Gasteiger partial charge in [-0.3, -0.25) is 4.57 Å². The van der Waals surface area contributed by atoms with Crippen LogP contribution in [0.3, 0.4) is 0 Å². The lowest BCUT2D eigenvalue weighted by atomic mass is 10.0. The molecule has 1 heterocycles. The van der Waals surface area contributed by atoms with Gasteiger partial charge in [-0.2, -0.15) is 0 Å². The van der Waals surface area contributed by atoms with Crippen molar-refractivity contribution >= 4 is 7.67 Å². The van der Waals surface area contributed by atoms with E-state index >= 15 is 0 Å². The highest BCUT2D eigenvalue weighted by molar-refractivity contribution is 7.54. The summed E-state index contributed by atoms with van der Waals surface area (Å²) in [4.78, 5) is 0. The first-order valence-electron chi connectivity index (χ1n) is 7.95. The molecule has 4 nitrogen and oxygen atoms in total. The van der Waals surface area contributed by atoms with Crippen LogP contribution in [-0.4, -0.2) is 40.1 Å². The minimum absolute atomic E-state index is 0.202. The zero-order valence-electron chi connectivity index (χ0n) is 14.5. The molecule has 1 aliphatic heterocycles. The van der Waals surface area contributed by atoms with Gasteiger partial charge in [0.1, 0.15) is 0 Å². The van der Waals surface area contributed by atoms with E-state index in [0.29, 0.717) is 18.6 Å². The Morgan fingerprint density at radius 2 is 1.55 bits per heavy atom. The second-order valence-electron chi connectivity index (χ2n) is 6.97. The molecule has 5 heteroatoms. The summed E-state index contributed by atoms with van der Waals surface area (Å²) < 4.78 is 23.9. The van der Waals surface area contributed by atoms with Gasteiger partial charge in [-0.1, -0.05) is 13.8 Å². The third kappa shape index (κ3) is 3.47. The van der Waals surface area contributed by atoms with Crippen LogP contribution in [0, 0.1) is 5.92 Å². The maximum atomic E-state index is 13.7. The summed E-state index contributed by atoms with van der Waals surface area (Å²) in [5.41, 5.74) is 0. The van der Waals surface area contributed by atoms with E-state index in [0.717, 1.165) is 6.42 Å². The average molecular weight is 304 g/mol. The van der Waals surface area contributed by atoms with Crippen molar-refractivity contribution in [2.75, 3.05) is 6.61 Å². The molecular formula is C15H33N2O2P. The van der Waals surface area contributed by atoms with Crippen LogP contribution in [0.15, 0.2) is 0 Å². The molecule has 120 valence electrons. The lowest BCUT2D eigenvalue weighted by Gasteiger charge is -2.50. The Kier molecular flexibility index (Phi) is 6.28. The molecule has 0 aromatic rings. The van der Waals surface area contributed by atoms with Crippen molar-refractivity contribution in [2.45, 2.75) is 86.0 Å². The third-order valence-electron chi connectivity index (χ3n) is 3.95. The molecule has 0 bridgehead atoms. The predicted molar refractivity (Wildman–Crippen MR) is 85.9 cm³/mol. The van der Waals surface area contributed by atoms with Gasteiger partial charge in [0.15, 0.2) is 0 Å². The minimum atomic E-state index is -2.95. The first-order chi connectivity index (χ1) is 9.12. The maximum absolute atomic E-state index is 13.7. The van der Waals surface area contributed by atoms with Gasteiger partial charge in [0, 0.05) is 24.2 Å². The molecule has 20 heavy (non-hydrogen) atoms. The fraction of sp³-hybridized carbons (Fsp3) is 1.00. The molecule has 0 spiro atoms. The summed E-state index contributed by atoms with van der Waals surface area (Å²) in [7, 11) is -2.95. The van der Waals surface area contributed by atoms with E-state index in [1.807, 2.05) is 0 Å². The van der Waals surface area contributed by atoms with Crippen molar-refractivity contribution in [3.05, 3.63) is 0 Å². The monoisotopic (exact) mass is 304 g/mol. The van der Waals surface area contributed by atoms with E-state index in [2.05, 4.69) is 64.7 Å². The van der Waals surface area contributed by atoms with E-state index in [9.17, 15) is 4.57 Å². The Balaban J connectivity index is 3.25. The van der Waals surface area contributed by atoms with Gasteiger partial charge in [-0.25, -0.2) is 9.34 Å². The molecule has 1 rings (SSSR count). The Hall–Kier alpha value is 0.110. The quantitative estimate of drug-likeness (QED) is 0.706. The molecule has 1 aliphatic rings. The standard InChI is InChI=1S/C15H33N2O2P/c1-11(2)15-9-10-19-20(18,17(15)14(7)8)16(12(3)4)13(5)6/h11-15H,9-10H2,1-8H3. The highest BCUT2D eigenvalue weighted by Gasteiger charge is 2.49. The van der Waals surface area contributed by atoms with Crippen molar-refractivity contribution in [3.63, 3.8) is 0 Å². The average Bonchev–Trinajstić information content (AvgIpc) is 2.25. The number of hydrogen-bond donors (Lipinski definition) is 0. The molecule has 0 saturated carbocycles. The fourth-order valence-corrected chi connectivity index (χ4v) is 6.71. The Morgan fingerprint density at radius 1 is 1.05 bits per heavy atom. The van der Waals surface area contributed by atoms with Gasteiger partial charge < -0.3 is 4.52 Å². The summed E-state index contributed by atoms with van der Waals surface area (Å²) in [6, 6.07) is 0.948. The van der Waals surface area contributed by atoms with Crippen LogP contribution in [-0.2, 0) is 9.09 Å². The Morgan fingerprint density at radius 3 is 1.90 bits per heavy atom. The molecule has 2 atom stereocenters. The fourth-order valence-electron chi connectivity index (χ4n) is 3.36. The van der Waals surface area contributed by atoms with Crippen molar-refractivity contribution in [3.8, 4) is 0 Å². The maximum Gasteiger partial charge on any atom is 0.347 e. The topological polar surface area (TPSA) is 32.8 Å². The highest BCUT2D eigenvalue weighted by atomic mass is 31.2. The molecule has 0 aromatic heterocycles. The summed E-state index contributed by atoms with van der Waals surface area (Å²) in [6.45, 7) is 17.7. The number of hydrogen-bond acceptors (Lipinski definition) is 2. The largest absolute Gasteiger partial charge is 0.347 e. The first-order valence-corrected chi connectivity index (χ1v) is 9.48. The van der Waals surface area contributed by atoms with Crippen LogP contribution in [0.1, 0.15) is 61.8 Å². The van der Waals surface area contributed by atoms with Gasteiger partial charge in [0.25, 0.3) is 0 Å². The normalized spacial score (nSPS) is 29.4. The van der Waals surface area contributed by atoms with Crippen molar-refractivity contribution in [1.82, 2.24) is 9.34 Å². The molecule has 0 amide bonds. The van der Waals surface area contributed by atoms with Gasteiger partial charge >= 0.3 is 7.67 Å². The zero-order chi connectivity index (χ0) is 15.7. The Bertz CT molecular complexity index is 348. The lowest BCUT2D eigenvalue weighted by molar-refractivity contribution is 0.0740. The molecule has 0 aromatic carbocycles. The van der Waals surface area contributed by atoms with Crippen LogP contribution in [0.2, 0.25) is 0 Å². The van der Waals surface area contributed by atoms with E-state index in [1.165, 1.54) is 0 Å². The second-order valence-corrected chi connectivity index (χ2v) is 9.13. The van der Waals surface area contributed by atoms with Gasteiger partial charge in [0.2, 0.25) is 0 Å². The van der Waals surface area contributed by atoms with E-state index in [-0.39, 0.29) is 18.1 Å². The molecule has 0 radical (unpaired) electrons. The summed E-state index contributed by atoms with van der Waals surface area (Å²) >= 11 is 0. The van der Waals surface area contributed by atoms with Crippen LogP contribution in [0.25, 0.3) is 0 Å². The molecule has 2 unspecified atom stereocenters. The SMILES string of the molecule is CC(C)C1CCOP(=O)(N(C(C)C)C(C)C)N1C(C)C. The summed E-state index contributed by atoms with van der Waals surface area (Å²) in [5.74, 6) is 0.482. The molecule has 1 fully saturated rings. The Labute approximate surface area is 125 Å². The molecule has 1 saturated heterocycles. The van der Waals surface area contributed by atoms with E-state index in [1.54, 1.807) is 0 Å². The van der Waals surface area contributed by atoms with E-state index < -0.39 is 7.67 Å². The first kappa shape index (κ1) is 18.2. The van der Waals surface area contributed by atoms with Gasteiger partial charge in [-0.05, 0) is 53.9 Å². The minimum Gasteiger partial charge on any atom is -0.306 e. The van der Waals surface area contributed by atoms with Crippen LogP contribution < -0.4 is 0 Å². The smallest absolute Gasteiger partial charge is 0.306 e. The lowest BCUT2D eigenvalue weighted by Crippen LogP contribution is -2.51. The van der Waals surface area contributed by atoms with Crippen molar-refractivity contribution < 1.29 is 9.09 Å². The molecule has 0 N–H and O–H groups in total. The number of nitrogens with zero attached hydrogens (tertiary/aromatic N) is 2. The predicted octanol–water partition coefficient (Wildman–Crippen LogP) is 4.37. The third-order valence-corrected chi connectivity index (χ3v) is 7.32. The van der Waals surface area contributed by atoms with Crippen LogP contribution in [0.4, 0.5) is 0 Å². The van der Waals surface area contributed by atoms with Gasteiger partial charge in [0.05, 0.1) is 6.61 Å². The van der Waals surface area contributed by atoms with Crippen molar-refractivity contribution in [1.29, 1.82) is 0 Å². The highest BCUT2D eigenvalue weighted by Crippen LogP contribution is 2.61. The van der Waals surface area contributed by atoms with Gasteiger partial charge in [-0.15, -0.1) is 0 Å². The number of rotatable bonds is 5. The molecule has 0 aliphatic carbocycles. The van der Waals surface area contributed by atoms with E-state index in [4.69, 9.17) is 4.52 Å². The summed E-state index contributed by atoms with van der Waals surface area (Å²) in [6.07, 6.45) is 0.962. The van der Waals surface area contributed by atoms with Crippen LogP contribution >= 0.6 is 7.67 Å². The van der Waals surface area contributed by atoms with Crippen LogP contribution in [0.5, 0.6) is 0 Å². The summed E-state index contributed by atoms with van der Waals surface area (Å²) in [5, 5.41) is 0. The van der Waals surface area contributed by atoms with Crippen molar-refractivity contribution in [2.24, 2.45) is 5.92 Å². The second kappa shape index (κ2) is 6.91.